The Hall–Kier alpha value is -1.59. The van der Waals surface area contributed by atoms with Crippen molar-refractivity contribution < 1.29 is 14.6 Å². The number of hydrogen-bond donors (Lipinski definition) is 3. The van der Waals surface area contributed by atoms with Crippen molar-refractivity contribution >= 4 is 5.91 Å². The predicted octanol–water partition coefficient (Wildman–Crippen LogP) is -0.190. The van der Waals surface area contributed by atoms with Crippen LogP contribution in [0.4, 0.5) is 0 Å². The number of carbonyl (C=O) groups excluding carboxylic acids is 1. The largest absolute Gasteiger partial charge is 0.491 e. The van der Waals surface area contributed by atoms with Crippen LogP contribution in [0.3, 0.4) is 0 Å². The van der Waals surface area contributed by atoms with E-state index in [1.54, 1.807) is 0 Å². The third kappa shape index (κ3) is 5.33. The lowest BCUT2D eigenvalue weighted by atomic mass is 10.2. The Labute approximate surface area is 101 Å². The van der Waals surface area contributed by atoms with Crippen molar-refractivity contribution in [1.82, 2.24) is 5.32 Å². The third-order valence-electron chi connectivity index (χ3n) is 2.20. The van der Waals surface area contributed by atoms with Crippen molar-refractivity contribution in [3.63, 3.8) is 0 Å². The van der Waals surface area contributed by atoms with Crippen molar-refractivity contribution in [1.29, 1.82) is 0 Å². The summed E-state index contributed by atoms with van der Waals surface area (Å²) in [5.41, 5.74) is 5.97. The van der Waals surface area contributed by atoms with Gasteiger partial charge >= 0.3 is 0 Å². The van der Waals surface area contributed by atoms with Crippen LogP contribution < -0.4 is 15.8 Å². The van der Waals surface area contributed by atoms with Crippen LogP contribution in [0.5, 0.6) is 5.75 Å². The maximum Gasteiger partial charge on any atom is 0.231 e. The van der Waals surface area contributed by atoms with E-state index in [1.807, 2.05) is 31.2 Å². The van der Waals surface area contributed by atoms with Crippen LogP contribution in [-0.2, 0) is 4.79 Å². The predicted molar refractivity (Wildman–Crippen MR) is 64.7 cm³/mol. The summed E-state index contributed by atoms with van der Waals surface area (Å²) in [5.74, 6) is 0.304. The van der Waals surface area contributed by atoms with Gasteiger partial charge in [-0.25, -0.2) is 0 Å². The zero-order valence-corrected chi connectivity index (χ0v) is 9.85. The molecule has 0 radical (unpaired) electrons. The highest BCUT2D eigenvalue weighted by molar-refractivity contribution is 5.75. The Kier molecular flexibility index (Phi) is 5.45. The number of para-hydroxylation sites is 1. The lowest BCUT2D eigenvalue weighted by Crippen LogP contribution is -2.36. The molecule has 0 saturated carbocycles. The zero-order valence-electron chi connectivity index (χ0n) is 9.85. The van der Waals surface area contributed by atoms with Gasteiger partial charge in [-0.1, -0.05) is 18.2 Å². The van der Waals surface area contributed by atoms with E-state index in [2.05, 4.69) is 5.32 Å². The van der Waals surface area contributed by atoms with Crippen LogP contribution in [0.25, 0.3) is 0 Å². The highest BCUT2D eigenvalue weighted by Crippen LogP contribution is 2.15. The summed E-state index contributed by atoms with van der Waals surface area (Å²) in [7, 11) is 0. The Morgan fingerprint density at radius 3 is 2.88 bits per heavy atom. The van der Waals surface area contributed by atoms with Crippen LogP contribution in [-0.4, -0.2) is 36.8 Å². The fraction of sp³-hybridized carbons (Fsp3) is 0.417. The molecule has 4 N–H and O–H groups in total. The van der Waals surface area contributed by atoms with Crippen LogP contribution in [0.2, 0.25) is 0 Å². The number of nitrogens with one attached hydrogen (secondary N) is 1. The van der Waals surface area contributed by atoms with Gasteiger partial charge in [-0.05, 0) is 18.6 Å². The molecule has 0 aromatic heterocycles. The molecule has 1 rings (SSSR count). The number of ether oxygens (including phenoxy) is 1. The number of hydrogen-bond acceptors (Lipinski definition) is 4. The van der Waals surface area contributed by atoms with Crippen molar-refractivity contribution in [2.45, 2.75) is 13.0 Å². The molecule has 17 heavy (non-hydrogen) atoms. The number of primary amides is 1. The van der Waals surface area contributed by atoms with Crippen LogP contribution in [0.1, 0.15) is 5.56 Å². The molecule has 0 bridgehead atoms. The lowest BCUT2D eigenvalue weighted by Gasteiger charge is -2.13. The van der Waals surface area contributed by atoms with Crippen molar-refractivity contribution in [2.24, 2.45) is 5.73 Å². The van der Waals surface area contributed by atoms with E-state index in [9.17, 15) is 9.90 Å². The van der Waals surface area contributed by atoms with Gasteiger partial charge in [0.1, 0.15) is 18.5 Å². The highest BCUT2D eigenvalue weighted by atomic mass is 16.5. The minimum Gasteiger partial charge on any atom is -0.491 e. The molecule has 0 saturated heterocycles. The number of carbonyl (C=O) groups is 1. The summed E-state index contributed by atoms with van der Waals surface area (Å²) in [6, 6.07) is 7.58. The smallest absolute Gasteiger partial charge is 0.231 e. The second-order valence-corrected chi connectivity index (χ2v) is 3.83. The lowest BCUT2D eigenvalue weighted by molar-refractivity contribution is -0.117. The van der Waals surface area contributed by atoms with Gasteiger partial charge in [-0.15, -0.1) is 0 Å². The zero-order chi connectivity index (χ0) is 12.7. The summed E-state index contributed by atoms with van der Waals surface area (Å²) >= 11 is 0. The molecule has 0 aliphatic heterocycles. The van der Waals surface area contributed by atoms with Gasteiger partial charge in [0, 0.05) is 6.54 Å². The number of aliphatic hydroxyl groups excluding tert-OH is 1. The van der Waals surface area contributed by atoms with E-state index in [4.69, 9.17) is 10.5 Å². The quantitative estimate of drug-likeness (QED) is 0.614. The number of amides is 1. The molecule has 1 aromatic rings. The van der Waals surface area contributed by atoms with E-state index in [0.717, 1.165) is 11.3 Å². The normalized spacial score (nSPS) is 12.1. The Balaban J connectivity index is 2.26. The van der Waals surface area contributed by atoms with E-state index >= 15 is 0 Å². The number of aryl methyl sites for hydroxylation is 1. The Morgan fingerprint density at radius 2 is 2.24 bits per heavy atom. The fourth-order valence-corrected chi connectivity index (χ4v) is 1.33. The average molecular weight is 238 g/mol. The molecular formula is C12H18N2O3. The second kappa shape index (κ2) is 6.88. The number of rotatable bonds is 7. The van der Waals surface area contributed by atoms with E-state index in [-0.39, 0.29) is 19.7 Å². The molecule has 0 aliphatic rings. The SMILES string of the molecule is Cc1ccccc1OCC(O)CNCC(N)=O. The minimum absolute atomic E-state index is 0.0570. The van der Waals surface area contributed by atoms with E-state index < -0.39 is 12.0 Å². The number of aliphatic hydroxyl groups is 1. The van der Waals surface area contributed by atoms with E-state index in [0.29, 0.717) is 0 Å². The molecule has 1 unspecified atom stereocenters. The molecule has 94 valence electrons. The van der Waals surface area contributed by atoms with E-state index in [1.165, 1.54) is 0 Å². The van der Waals surface area contributed by atoms with Gasteiger partial charge < -0.3 is 20.9 Å². The van der Waals surface area contributed by atoms with Gasteiger partial charge in [-0.2, -0.15) is 0 Å². The van der Waals surface area contributed by atoms with Crippen LogP contribution >= 0.6 is 0 Å². The van der Waals surface area contributed by atoms with Gasteiger partial charge in [0.25, 0.3) is 0 Å². The first-order valence-corrected chi connectivity index (χ1v) is 5.45. The summed E-state index contributed by atoms with van der Waals surface area (Å²) in [6.07, 6.45) is -0.672. The molecule has 1 amide bonds. The van der Waals surface area contributed by atoms with Crippen LogP contribution in [0.15, 0.2) is 24.3 Å². The first-order valence-electron chi connectivity index (χ1n) is 5.45. The highest BCUT2D eigenvalue weighted by Gasteiger charge is 2.06. The van der Waals surface area contributed by atoms with Gasteiger partial charge in [0.05, 0.1) is 6.54 Å². The molecule has 1 atom stereocenters. The summed E-state index contributed by atoms with van der Waals surface area (Å²) in [5, 5.41) is 12.3. The van der Waals surface area contributed by atoms with Crippen molar-refractivity contribution in [3.05, 3.63) is 29.8 Å². The molecule has 0 fully saturated rings. The molecular weight excluding hydrogens is 220 g/mol. The minimum atomic E-state index is -0.672. The summed E-state index contributed by atoms with van der Waals surface area (Å²) < 4.78 is 5.45. The van der Waals surface area contributed by atoms with Gasteiger partial charge in [0.2, 0.25) is 5.91 Å². The monoisotopic (exact) mass is 238 g/mol. The maximum absolute atomic E-state index is 10.5. The van der Waals surface area contributed by atoms with Crippen molar-refractivity contribution in [3.8, 4) is 5.75 Å². The van der Waals surface area contributed by atoms with Gasteiger partial charge in [-0.3, -0.25) is 4.79 Å². The summed E-state index contributed by atoms with van der Waals surface area (Å²) in [6.45, 7) is 2.44. The van der Waals surface area contributed by atoms with Crippen LogP contribution in [0, 0.1) is 6.92 Å². The standard InChI is InChI=1S/C12H18N2O3/c1-9-4-2-3-5-11(9)17-8-10(15)6-14-7-12(13)16/h2-5,10,14-15H,6-8H2,1H3,(H2,13,16). The summed E-state index contributed by atoms with van der Waals surface area (Å²) in [4.78, 5) is 10.5. The molecule has 1 aromatic carbocycles. The second-order valence-electron chi connectivity index (χ2n) is 3.83. The maximum atomic E-state index is 10.5. The molecule has 0 aliphatic carbocycles. The molecule has 0 spiro atoms. The topological polar surface area (TPSA) is 84.6 Å². The molecule has 0 heterocycles. The Morgan fingerprint density at radius 1 is 1.53 bits per heavy atom. The molecule has 5 nitrogen and oxygen atoms in total. The van der Waals surface area contributed by atoms with Crippen molar-refractivity contribution in [2.75, 3.05) is 19.7 Å². The Bertz CT molecular complexity index is 369. The fourth-order valence-electron chi connectivity index (χ4n) is 1.33. The first kappa shape index (κ1) is 13.5. The third-order valence-corrected chi connectivity index (χ3v) is 2.20. The molecule has 5 heteroatoms. The van der Waals surface area contributed by atoms with Gasteiger partial charge in [0.15, 0.2) is 0 Å². The first-order chi connectivity index (χ1) is 8.09. The number of nitrogens with two attached hydrogens (primary N) is 1. The average Bonchev–Trinajstić information content (AvgIpc) is 2.27. The number of benzene rings is 1.